The number of carbonyl (C=O) groups excluding carboxylic acids is 2. The Morgan fingerprint density at radius 3 is 2.42 bits per heavy atom. The molecule has 2 atom stereocenters. The first-order valence-corrected chi connectivity index (χ1v) is 11.7. The van der Waals surface area contributed by atoms with Crippen LogP contribution in [0.3, 0.4) is 0 Å². The molecule has 7 heteroatoms. The fourth-order valence-electron chi connectivity index (χ4n) is 6.16. The summed E-state index contributed by atoms with van der Waals surface area (Å²) in [5.41, 5.74) is 1.30. The highest BCUT2D eigenvalue weighted by Gasteiger charge is 2.47. The molecule has 3 fully saturated rings. The topological polar surface area (TPSA) is 80.8 Å². The largest absolute Gasteiger partial charge is 0.459 e. The van der Waals surface area contributed by atoms with Crippen molar-refractivity contribution in [3.63, 3.8) is 0 Å². The van der Waals surface area contributed by atoms with Gasteiger partial charge in [0.05, 0.1) is 6.26 Å². The maximum atomic E-state index is 13.5. The van der Waals surface area contributed by atoms with Crippen LogP contribution >= 0.6 is 0 Å². The standard InChI is InChI=1S/C24H30N4O3/c25-16-19-22(26-11-13-27(14-12-26)24(30)21-10-5-15-31-21)18-8-3-4-9-20(18)28(23(19)29)17-6-1-2-7-17/h5,10,15,17-18,20H,1-4,6-9,11-14H2. The molecule has 2 saturated carbocycles. The van der Waals surface area contributed by atoms with Gasteiger partial charge in [-0.2, -0.15) is 5.26 Å². The Morgan fingerprint density at radius 2 is 1.74 bits per heavy atom. The molecule has 2 unspecified atom stereocenters. The molecule has 0 radical (unpaired) electrons. The molecule has 3 heterocycles. The molecule has 2 aliphatic carbocycles. The first-order chi connectivity index (χ1) is 15.2. The van der Waals surface area contributed by atoms with Crippen molar-refractivity contribution in [3.8, 4) is 6.07 Å². The number of carbonyl (C=O) groups is 2. The Labute approximate surface area is 183 Å². The molecule has 2 aliphatic heterocycles. The summed E-state index contributed by atoms with van der Waals surface area (Å²) in [6.07, 6.45) is 10.4. The monoisotopic (exact) mass is 422 g/mol. The van der Waals surface area contributed by atoms with E-state index in [2.05, 4.69) is 15.9 Å². The number of nitrogens with zero attached hydrogens (tertiary/aromatic N) is 4. The molecule has 7 nitrogen and oxygen atoms in total. The lowest BCUT2D eigenvalue weighted by Crippen LogP contribution is -2.58. The zero-order chi connectivity index (χ0) is 21.4. The van der Waals surface area contributed by atoms with Crippen molar-refractivity contribution in [2.45, 2.75) is 63.5 Å². The Hall–Kier alpha value is -2.75. The zero-order valence-electron chi connectivity index (χ0n) is 18.0. The number of fused-ring (bicyclic) bond motifs is 1. The molecule has 0 aromatic carbocycles. The highest BCUT2D eigenvalue weighted by Crippen LogP contribution is 2.43. The van der Waals surface area contributed by atoms with Crippen LogP contribution in [0.15, 0.2) is 34.1 Å². The molecule has 31 heavy (non-hydrogen) atoms. The van der Waals surface area contributed by atoms with Gasteiger partial charge in [0.2, 0.25) is 0 Å². The zero-order valence-corrected chi connectivity index (χ0v) is 18.0. The van der Waals surface area contributed by atoms with E-state index in [1.165, 1.54) is 19.1 Å². The maximum absolute atomic E-state index is 13.5. The Balaban J connectivity index is 1.39. The smallest absolute Gasteiger partial charge is 0.289 e. The number of furan rings is 1. The van der Waals surface area contributed by atoms with E-state index in [1.807, 2.05) is 0 Å². The highest BCUT2D eigenvalue weighted by molar-refractivity contribution is 5.99. The van der Waals surface area contributed by atoms with Crippen LogP contribution < -0.4 is 0 Å². The first-order valence-electron chi connectivity index (χ1n) is 11.7. The van der Waals surface area contributed by atoms with Crippen LogP contribution in [0.1, 0.15) is 61.9 Å². The summed E-state index contributed by atoms with van der Waals surface area (Å²) in [5, 5.41) is 10.0. The molecule has 1 aromatic heterocycles. The van der Waals surface area contributed by atoms with Crippen molar-refractivity contribution < 1.29 is 14.0 Å². The lowest BCUT2D eigenvalue weighted by atomic mass is 9.76. The van der Waals surface area contributed by atoms with Gasteiger partial charge in [-0.3, -0.25) is 9.59 Å². The van der Waals surface area contributed by atoms with Gasteiger partial charge in [0, 0.05) is 49.9 Å². The molecule has 164 valence electrons. The van der Waals surface area contributed by atoms with Crippen molar-refractivity contribution in [3.05, 3.63) is 35.4 Å². The third kappa shape index (κ3) is 3.52. The third-order valence-corrected chi connectivity index (χ3v) is 7.61. The van der Waals surface area contributed by atoms with Crippen molar-refractivity contribution in [1.82, 2.24) is 14.7 Å². The lowest BCUT2D eigenvalue weighted by molar-refractivity contribution is -0.135. The number of rotatable bonds is 3. The molecule has 2 amide bonds. The second kappa shape index (κ2) is 8.41. The van der Waals surface area contributed by atoms with Crippen molar-refractivity contribution >= 4 is 11.8 Å². The quantitative estimate of drug-likeness (QED) is 0.747. The van der Waals surface area contributed by atoms with Gasteiger partial charge in [-0.25, -0.2) is 0 Å². The van der Waals surface area contributed by atoms with E-state index in [1.54, 1.807) is 17.0 Å². The van der Waals surface area contributed by atoms with E-state index >= 15 is 0 Å². The summed E-state index contributed by atoms with van der Waals surface area (Å²) in [6.45, 7) is 2.43. The van der Waals surface area contributed by atoms with E-state index in [0.29, 0.717) is 43.6 Å². The third-order valence-electron chi connectivity index (χ3n) is 7.61. The van der Waals surface area contributed by atoms with Crippen LogP contribution in [0.4, 0.5) is 0 Å². The normalized spacial score (nSPS) is 27.5. The minimum atomic E-state index is -0.0955. The van der Waals surface area contributed by atoms with Crippen LogP contribution in [0.2, 0.25) is 0 Å². The predicted octanol–water partition coefficient (Wildman–Crippen LogP) is 3.16. The van der Waals surface area contributed by atoms with Gasteiger partial charge in [-0.05, 0) is 37.8 Å². The van der Waals surface area contributed by atoms with Crippen LogP contribution in [0, 0.1) is 17.2 Å². The van der Waals surface area contributed by atoms with Crippen molar-refractivity contribution in [2.24, 2.45) is 5.92 Å². The summed E-state index contributed by atoms with van der Waals surface area (Å²) < 4.78 is 5.26. The van der Waals surface area contributed by atoms with Gasteiger partial charge in [-0.1, -0.05) is 25.7 Å². The SMILES string of the molecule is N#CC1=C(N2CCN(C(=O)c3ccco3)CC2)C2CCCCC2N(C2CCCC2)C1=O. The molecule has 5 rings (SSSR count). The predicted molar refractivity (Wildman–Crippen MR) is 114 cm³/mol. The summed E-state index contributed by atoms with van der Waals surface area (Å²) in [5.74, 6) is 0.454. The second-order valence-corrected chi connectivity index (χ2v) is 9.24. The van der Waals surface area contributed by atoms with Gasteiger partial charge in [0.15, 0.2) is 5.76 Å². The average Bonchev–Trinajstić information content (AvgIpc) is 3.52. The molecule has 0 N–H and O–H groups in total. The summed E-state index contributed by atoms with van der Waals surface area (Å²) in [6, 6.07) is 6.23. The number of amides is 2. The van der Waals surface area contributed by atoms with Crippen LogP contribution in [-0.4, -0.2) is 64.8 Å². The van der Waals surface area contributed by atoms with E-state index in [9.17, 15) is 14.9 Å². The van der Waals surface area contributed by atoms with E-state index < -0.39 is 0 Å². The minimum absolute atomic E-state index is 0.0540. The van der Waals surface area contributed by atoms with Gasteiger partial charge < -0.3 is 19.1 Å². The Morgan fingerprint density at radius 1 is 1.03 bits per heavy atom. The Kier molecular flexibility index (Phi) is 5.47. The highest BCUT2D eigenvalue weighted by atomic mass is 16.3. The molecule has 1 aromatic rings. The van der Waals surface area contributed by atoms with E-state index in [0.717, 1.165) is 44.2 Å². The van der Waals surface area contributed by atoms with Gasteiger partial charge >= 0.3 is 0 Å². The summed E-state index contributed by atoms with van der Waals surface area (Å²) >= 11 is 0. The minimum Gasteiger partial charge on any atom is -0.459 e. The van der Waals surface area contributed by atoms with Crippen molar-refractivity contribution in [1.29, 1.82) is 5.26 Å². The molecule has 0 bridgehead atoms. The second-order valence-electron chi connectivity index (χ2n) is 9.24. The van der Waals surface area contributed by atoms with Gasteiger partial charge in [0.1, 0.15) is 11.6 Å². The number of nitriles is 1. The number of piperazine rings is 1. The molecule has 1 saturated heterocycles. The Bertz CT molecular complexity index is 902. The van der Waals surface area contributed by atoms with Crippen LogP contribution in [0.25, 0.3) is 0 Å². The number of hydrogen-bond donors (Lipinski definition) is 0. The van der Waals surface area contributed by atoms with E-state index in [4.69, 9.17) is 4.42 Å². The fourth-order valence-corrected chi connectivity index (χ4v) is 6.16. The number of hydrogen-bond acceptors (Lipinski definition) is 5. The summed E-state index contributed by atoms with van der Waals surface area (Å²) in [4.78, 5) is 32.3. The molecular weight excluding hydrogens is 392 g/mol. The van der Waals surface area contributed by atoms with Crippen molar-refractivity contribution in [2.75, 3.05) is 26.2 Å². The van der Waals surface area contributed by atoms with Gasteiger partial charge in [0.25, 0.3) is 11.8 Å². The fraction of sp³-hybridized carbons (Fsp3) is 0.625. The van der Waals surface area contributed by atoms with Gasteiger partial charge in [-0.15, -0.1) is 0 Å². The maximum Gasteiger partial charge on any atom is 0.289 e. The van der Waals surface area contributed by atoms with E-state index in [-0.39, 0.29) is 23.8 Å². The van der Waals surface area contributed by atoms with Crippen LogP contribution in [-0.2, 0) is 4.79 Å². The molecular formula is C24H30N4O3. The average molecular weight is 423 g/mol. The van der Waals surface area contributed by atoms with Crippen LogP contribution in [0.5, 0.6) is 0 Å². The first kappa shape index (κ1) is 20.2. The summed E-state index contributed by atoms with van der Waals surface area (Å²) in [7, 11) is 0. The molecule has 0 spiro atoms. The lowest BCUT2D eigenvalue weighted by Gasteiger charge is -2.50. The molecule has 4 aliphatic rings.